The maximum atomic E-state index is 14.4. The monoisotopic (exact) mass is 417 g/mol. The molecule has 1 saturated heterocycles. The van der Waals surface area contributed by atoms with Crippen molar-refractivity contribution in [2.75, 3.05) is 0 Å². The molecule has 6 heteroatoms. The molecule has 0 radical (unpaired) electrons. The number of nitrogens with zero attached hydrogens (tertiary/aromatic N) is 1. The molecular formula is C23H37BFNO2Si. The van der Waals surface area contributed by atoms with E-state index in [1.165, 1.54) is 0 Å². The Morgan fingerprint density at radius 1 is 0.897 bits per heavy atom. The van der Waals surface area contributed by atoms with E-state index < -0.39 is 26.6 Å². The number of rotatable bonds is 5. The summed E-state index contributed by atoms with van der Waals surface area (Å²) >= 11 is 0. The molecule has 2 heterocycles. The predicted molar refractivity (Wildman–Crippen MR) is 124 cm³/mol. The lowest BCUT2D eigenvalue weighted by atomic mass is 9.79. The third kappa shape index (κ3) is 3.32. The third-order valence-corrected chi connectivity index (χ3v) is 14.3. The van der Waals surface area contributed by atoms with Gasteiger partial charge < -0.3 is 13.5 Å². The van der Waals surface area contributed by atoms with Crippen molar-refractivity contribution in [3.63, 3.8) is 0 Å². The summed E-state index contributed by atoms with van der Waals surface area (Å²) in [6, 6.07) is 5.13. The second-order valence-electron chi connectivity index (χ2n) is 10.6. The zero-order valence-corrected chi connectivity index (χ0v) is 20.8. The number of aromatic nitrogens is 1. The van der Waals surface area contributed by atoms with Crippen molar-refractivity contribution < 1.29 is 13.7 Å². The van der Waals surface area contributed by atoms with E-state index in [0.717, 1.165) is 16.4 Å². The number of fused-ring (bicyclic) bond motifs is 1. The molecule has 1 aliphatic rings. The van der Waals surface area contributed by atoms with Crippen LogP contribution in [-0.2, 0) is 9.31 Å². The summed E-state index contributed by atoms with van der Waals surface area (Å²) in [5.74, 6) is -0.198. The zero-order chi connectivity index (χ0) is 21.9. The smallest absolute Gasteiger partial charge is 0.399 e. The molecule has 1 fully saturated rings. The van der Waals surface area contributed by atoms with Gasteiger partial charge >= 0.3 is 7.12 Å². The first-order chi connectivity index (χ1) is 13.3. The summed E-state index contributed by atoms with van der Waals surface area (Å²) in [5, 5.41) is 1.03. The van der Waals surface area contributed by atoms with Gasteiger partial charge in [0.25, 0.3) is 0 Å². The van der Waals surface area contributed by atoms with Crippen LogP contribution in [-0.4, -0.2) is 30.8 Å². The molecule has 29 heavy (non-hydrogen) atoms. The van der Waals surface area contributed by atoms with Crippen LogP contribution in [0.2, 0.25) is 16.6 Å². The molecular weight excluding hydrogens is 380 g/mol. The highest BCUT2D eigenvalue weighted by molar-refractivity contribution is 6.83. The fraction of sp³-hybridized carbons (Fsp3) is 0.652. The average Bonchev–Trinajstić information content (AvgIpc) is 3.02. The van der Waals surface area contributed by atoms with Gasteiger partial charge in [0.05, 0.1) is 11.2 Å². The topological polar surface area (TPSA) is 23.4 Å². The van der Waals surface area contributed by atoms with Crippen molar-refractivity contribution in [2.45, 2.75) is 97.1 Å². The lowest BCUT2D eigenvalue weighted by Crippen LogP contribution is -2.52. The lowest BCUT2D eigenvalue weighted by Gasteiger charge is -2.44. The van der Waals surface area contributed by atoms with Crippen LogP contribution in [0.4, 0.5) is 4.39 Å². The Bertz CT molecular complexity index is 866. The molecule has 0 amide bonds. The zero-order valence-electron chi connectivity index (χ0n) is 19.8. The van der Waals surface area contributed by atoms with E-state index in [0.29, 0.717) is 16.6 Å². The molecule has 0 saturated carbocycles. The summed E-state index contributed by atoms with van der Waals surface area (Å²) in [6.45, 7) is 22.2. The molecule has 1 aromatic carbocycles. The van der Waals surface area contributed by atoms with E-state index in [1.807, 2.05) is 6.07 Å². The van der Waals surface area contributed by atoms with E-state index in [4.69, 9.17) is 9.31 Å². The summed E-state index contributed by atoms with van der Waals surface area (Å²) in [5.41, 5.74) is 2.69. The second kappa shape index (κ2) is 7.24. The van der Waals surface area contributed by atoms with E-state index in [9.17, 15) is 4.39 Å². The highest BCUT2D eigenvalue weighted by Crippen LogP contribution is 2.44. The minimum absolute atomic E-state index is 0.198. The molecule has 0 bridgehead atoms. The Kier molecular flexibility index (Phi) is 5.64. The Labute approximate surface area is 177 Å². The van der Waals surface area contributed by atoms with Gasteiger partial charge in [0, 0.05) is 11.0 Å². The first-order valence-corrected chi connectivity index (χ1v) is 13.1. The van der Waals surface area contributed by atoms with Gasteiger partial charge in [-0.3, -0.25) is 0 Å². The molecule has 0 unspecified atom stereocenters. The quantitative estimate of drug-likeness (QED) is 0.549. The first kappa shape index (κ1) is 22.6. The number of halogens is 1. The van der Waals surface area contributed by atoms with E-state index in [-0.39, 0.29) is 5.82 Å². The van der Waals surface area contributed by atoms with Gasteiger partial charge in [-0.1, -0.05) is 47.6 Å². The largest absolute Gasteiger partial charge is 0.497 e. The van der Waals surface area contributed by atoms with Crippen LogP contribution in [0.3, 0.4) is 0 Å². The van der Waals surface area contributed by atoms with Crippen molar-refractivity contribution in [1.82, 2.24) is 4.23 Å². The summed E-state index contributed by atoms with van der Waals surface area (Å²) in [6.07, 6.45) is 2.22. The minimum Gasteiger partial charge on any atom is -0.399 e. The van der Waals surface area contributed by atoms with Crippen molar-refractivity contribution in [1.29, 1.82) is 0 Å². The van der Waals surface area contributed by atoms with Crippen LogP contribution >= 0.6 is 0 Å². The van der Waals surface area contributed by atoms with Crippen LogP contribution < -0.4 is 5.46 Å². The van der Waals surface area contributed by atoms with Crippen molar-refractivity contribution in [3.05, 3.63) is 30.2 Å². The molecule has 0 atom stereocenters. The van der Waals surface area contributed by atoms with Crippen LogP contribution in [0.15, 0.2) is 24.4 Å². The second-order valence-corrected chi connectivity index (χ2v) is 16.3. The number of hydrogen-bond donors (Lipinski definition) is 0. The Balaban J connectivity index is 2.29. The van der Waals surface area contributed by atoms with Gasteiger partial charge in [0.2, 0.25) is 0 Å². The lowest BCUT2D eigenvalue weighted by molar-refractivity contribution is 0.00578. The van der Waals surface area contributed by atoms with Crippen LogP contribution in [0.1, 0.15) is 69.2 Å². The first-order valence-electron chi connectivity index (χ1n) is 10.9. The van der Waals surface area contributed by atoms with Gasteiger partial charge in [0.1, 0.15) is 5.82 Å². The fourth-order valence-corrected chi connectivity index (χ4v) is 12.2. The molecule has 2 aromatic rings. The Morgan fingerprint density at radius 2 is 1.38 bits per heavy atom. The highest BCUT2D eigenvalue weighted by atomic mass is 28.3. The predicted octanol–water partition coefficient (Wildman–Crippen LogP) is 6.10. The van der Waals surface area contributed by atoms with Crippen LogP contribution in [0, 0.1) is 5.82 Å². The molecule has 3 nitrogen and oxygen atoms in total. The van der Waals surface area contributed by atoms with Crippen molar-refractivity contribution in [2.24, 2.45) is 0 Å². The molecule has 160 valence electrons. The normalized spacial score (nSPS) is 19.3. The average molecular weight is 417 g/mol. The van der Waals surface area contributed by atoms with Crippen molar-refractivity contribution >= 4 is 31.7 Å². The minimum atomic E-state index is -2.05. The van der Waals surface area contributed by atoms with Crippen LogP contribution in [0.5, 0.6) is 0 Å². The fourth-order valence-electron chi connectivity index (χ4n) is 5.54. The SMILES string of the molecule is CC(C)[Si](C(C)C)(C(C)C)n1cc(B2OC(C)(C)C(C)(C)O2)c2ccc(F)cc21. The molecule has 3 rings (SSSR count). The van der Waals surface area contributed by atoms with E-state index >= 15 is 0 Å². The maximum Gasteiger partial charge on any atom is 0.497 e. The van der Waals surface area contributed by atoms with E-state index in [1.54, 1.807) is 12.1 Å². The molecule has 1 aliphatic heterocycles. The van der Waals surface area contributed by atoms with Crippen molar-refractivity contribution in [3.8, 4) is 0 Å². The van der Waals surface area contributed by atoms with Gasteiger partial charge in [-0.15, -0.1) is 0 Å². The van der Waals surface area contributed by atoms with Gasteiger partial charge in [-0.2, -0.15) is 0 Å². The standard InChI is InChI=1S/C23H37BFNO2Si/c1-15(2)29(16(3)4,17(5)6)26-14-20(19-12-11-18(25)13-21(19)26)24-27-22(7,8)23(9,10)28-24/h11-17H,1-10H3. The number of hydrogen-bond acceptors (Lipinski definition) is 2. The Morgan fingerprint density at radius 3 is 1.83 bits per heavy atom. The summed E-state index contributed by atoms with van der Waals surface area (Å²) in [7, 11) is -2.51. The number of benzene rings is 1. The summed E-state index contributed by atoms with van der Waals surface area (Å²) < 4.78 is 29.6. The molecule has 0 spiro atoms. The molecule has 0 N–H and O–H groups in total. The highest BCUT2D eigenvalue weighted by Gasteiger charge is 2.53. The van der Waals surface area contributed by atoms with Gasteiger partial charge in [-0.05, 0) is 68.0 Å². The third-order valence-electron chi connectivity index (χ3n) is 7.50. The maximum absolute atomic E-state index is 14.4. The van der Waals surface area contributed by atoms with E-state index in [2.05, 4.69) is 79.7 Å². The molecule has 1 aromatic heterocycles. The summed E-state index contributed by atoms with van der Waals surface area (Å²) in [4.78, 5) is 0. The molecule has 0 aliphatic carbocycles. The van der Waals surface area contributed by atoms with Gasteiger partial charge in [-0.25, -0.2) is 4.39 Å². The van der Waals surface area contributed by atoms with Crippen LogP contribution in [0.25, 0.3) is 10.9 Å². The Hall–Kier alpha value is -1.11. The van der Waals surface area contributed by atoms with Gasteiger partial charge in [0.15, 0.2) is 8.24 Å².